The second kappa shape index (κ2) is 13.8. The number of nitrogen functional groups attached to an aromatic ring is 1. The third-order valence-corrected chi connectivity index (χ3v) is 9.94. The van der Waals surface area contributed by atoms with E-state index in [0.717, 1.165) is 38.9 Å². The van der Waals surface area contributed by atoms with Crippen LogP contribution < -0.4 is 14.7 Å². The normalized spacial score (nSPS) is 14.7. The largest absolute Gasteiger partial charge is 0.466 e. The molecule has 4 aromatic carbocycles. The van der Waals surface area contributed by atoms with Crippen molar-refractivity contribution in [3.05, 3.63) is 106 Å². The fourth-order valence-corrected chi connectivity index (χ4v) is 7.21. The van der Waals surface area contributed by atoms with Crippen LogP contribution in [-0.2, 0) is 39.5 Å². The van der Waals surface area contributed by atoms with E-state index < -0.39 is 10.3 Å². The van der Waals surface area contributed by atoms with Gasteiger partial charge in [-0.15, -0.1) is 16.7 Å². The molecule has 0 bridgehead atoms. The van der Waals surface area contributed by atoms with Crippen LogP contribution in [0.3, 0.4) is 0 Å². The quantitative estimate of drug-likeness (QED) is 0.0950. The zero-order chi connectivity index (χ0) is 34.0. The van der Waals surface area contributed by atoms with E-state index in [2.05, 4.69) is 10.3 Å². The first-order valence-electron chi connectivity index (χ1n) is 15.6. The van der Waals surface area contributed by atoms with Crippen molar-refractivity contribution in [1.82, 2.24) is 19.3 Å². The molecule has 1 atom stereocenters. The summed E-state index contributed by atoms with van der Waals surface area (Å²) < 4.78 is 46.6. The fraction of sp³-hybridized carbons (Fsp3) is 0.286. The summed E-state index contributed by atoms with van der Waals surface area (Å²) in [5.74, 6) is 0.924. The molecule has 6 rings (SSSR count). The van der Waals surface area contributed by atoms with Gasteiger partial charge in [0.05, 0.1) is 30.8 Å². The molecule has 1 aromatic heterocycles. The SMILES string of the molecule is CCOC(=O)CC(c1ccc(C)c(CN2Cc3cc(Oc4ccccc4N)ccc3OS2(=O)=O)c1)c1ccc2c(nnn2CCCl)c1C. The van der Waals surface area contributed by atoms with Crippen LogP contribution in [0.5, 0.6) is 17.2 Å². The van der Waals surface area contributed by atoms with Crippen LogP contribution in [0.2, 0.25) is 0 Å². The number of alkyl halides is 1. The Labute approximate surface area is 284 Å². The third-order valence-electron chi connectivity index (χ3n) is 8.49. The smallest absolute Gasteiger partial charge is 0.385 e. The van der Waals surface area contributed by atoms with E-state index in [4.69, 9.17) is 31.0 Å². The maximum absolute atomic E-state index is 13.3. The Hall–Kier alpha value is -4.65. The van der Waals surface area contributed by atoms with E-state index in [0.29, 0.717) is 35.2 Å². The molecule has 5 aromatic rings. The van der Waals surface area contributed by atoms with Crippen LogP contribution in [0.4, 0.5) is 5.69 Å². The highest BCUT2D eigenvalue weighted by Crippen LogP contribution is 2.38. The number of fused-ring (bicyclic) bond motifs is 2. The number of aromatic nitrogens is 3. The Morgan fingerprint density at radius 2 is 1.90 bits per heavy atom. The monoisotopic (exact) mass is 689 g/mol. The second-order valence-electron chi connectivity index (χ2n) is 11.6. The zero-order valence-corrected chi connectivity index (χ0v) is 28.4. The Kier molecular flexibility index (Phi) is 9.58. The molecular weight excluding hydrogens is 654 g/mol. The summed E-state index contributed by atoms with van der Waals surface area (Å²) in [4.78, 5) is 12.9. The number of carbonyl (C=O) groups is 1. The summed E-state index contributed by atoms with van der Waals surface area (Å²) in [6.45, 7) is 6.56. The van der Waals surface area contributed by atoms with Gasteiger partial charge < -0.3 is 19.4 Å². The zero-order valence-electron chi connectivity index (χ0n) is 26.9. The number of nitrogens with two attached hydrogens (primary N) is 1. The first-order valence-corrected chi connectivity index (χ1v) is 17.5. The molecule has 11 nitrogen and oxygen atoms in total. The molecule has 1 aliphatic rings. The highest BCUT2D eigenvalue weighted by molar-refractivity contribution is 7.84. The molecule has 0 radical (unpaired) electrons. The molecule has 2 N–H and O–H groups in total. The number of hydrogen-bond acceptors (Lipinski definition) is 9. The van der Waals surface area contributed by atoms with Crippen LogP contribution in [0.15, 0.2) is 72.8 Å². The summed E-state index contributed by atoms with van der Waals surface area (Å²) in [7, 11) is -4.10. The minimum Gasteiger partial charge on any atom is -0.466 e. The number of aryl methyl sites for hydroxylation is 3. The van der Waals surface area contributed by atoms with Crippen molar-refractivity contribution in [3.63, 3.8) is 0 Å². The highest BCUT2D eigenvalue weighted by atomic mass is 35.5. The van der Waals surface area contributed by atoms with E-state index in [1.807, 2.05) is 56.3 Å². The van der Waals surface area contributed by atoms with Crippen LogP contribution in [0.25, 0.3) is 11.0 Å². The summed E-state index contributed by atoms with van der Waals surface area (Å²) in [6, 6.07) is 21.9. The highest BCUT2D eigenvalue weighted by Gasteiger charge is 2.33. The number of esters is 1. The number of benzene rings is 4. The standard InChI is InChI=1S/C35H36ClN5O6S/c1-4-45-34(42)19-29(28-12-13-31-35(23(28)3)38-39-41(31)16-15-36)24-10-9-22(2)25(17-24)20-40-21-26-18-27(11-14-32(26)47-48(40,43)44)46-33-8-6-5-7-30(33)37/h5-14,17-18,29H,4,15-16,19-21,37H2,1-3H3. The van der Waals surface area contributed by atoms with E-state index in [9.17, 15) is 13.2 Å². The predicted octanol–water partition coefficient (Wildman–Crippen LogP) is 6.39. The molecule has 0 amide bonds. The lowest BCUT2D eigenvalue weighted by Gasteiger charge is -2.29. The van der Waals surface area contributed by atoms with Gasteiger partial charge in [0.25, 0.3) is 0 Å². The van der Waals surface area contributed by atoms with E-state index >= 15 is 0 Å². The molecular formula is C35H36ClN5O6S. The Morgan fingerprint density at radius 3 is 2.67 bits per heavy atom. The second-order valence-corrected chi connectivity index (χ2v) is 13.5. The lowest BCUT2D eigenvalue weighted by Crippen LogP contribution is -2.37. The molecule has 0 saturated carbocycles. The number of rotatable bonds is 11. The molecule has 13 heteroatoms. The van der Waals surface area contributed by atoms with Crippen LogP contribution in [0, 0.1) is 13.8 Å². The molecule has 2 heterocycles. The molecule has 0 saturated heterocycles. The summed E-state index contributed by atoms with van der Waals surface area (Å²) >= 11 is 5.97. The van der Waals surface area contributed by atoms with Gasteiger partial charge >= 0.3 is 16.3 Å². The van der Waals surface area contributed by atoms with Gasteiger partial charge in [0, 0.05) is 30.5 Å². The Bertz CT molecular complexity index is 2100. The third kappa shape index (κ3) is 6.82. The molecule has 0 aliphatic carbocycles. The molecule has 1 aliphatic heterocycles. The average molecular weight is 690 g/mol. The van der Waals surface area contributed by atoms with Gasteiger partial charge in [0.1, 0.15) is 22.8 Å². The molecule has 0 spiro atoms. The van der Waals surface area contributed by atoms with Gasteiger partial charge in [0.15, 0.2) is 0 Å². The van der Waals surface area contributed by atoms with Crippen molar-refractivity contribution in [1.29, 1.82) is 0 Å². The van der Waals surface area contributed by atoms with Crippen LogP contribution in [0.1, 0.15) is 52.6 Å². The van der Waals surface area contributed by atoms with Gasteiger partial charge in [-0.3, -0.25) is 4.79 Å². The van der Waals surface area contributed by atoms with E-state index in [1.165, 1.54) is 4.31 Å². The first-order chi connectivity index (χ1) is 23.1. The average Bonchev–Trinajstić information content (AvgIpc) is 3.46. The van der Waals surface area contributed by atoms with Crippen molar-refractivity contribution in [2.45, 2.75) is 52.7 Å². The Morgan fingerprint density at radius 1 is 1.08 bits per heavy atom. The van der Waals surface area contributed by atoms with Gasteiger partial charge in [-0.05, 0) is 85.0 Å². The molecule has 1 unspecified atom stereocenters. The number of halogens is 1. The summed E-state index contributed by atoms with van der Waals surface area (Å²) in [5.41, 5.74) is 13.1. The van der Waals surface area contributed by atoms with Gasteiger partial charge in [-0.2, -0.15) is 12.7 Å². The maximum atomic E-state index is 13.3. The van der Waals surface area contributed by atoms with Crippen molar-refractivity contribution in [2.75, 3.05) is 18.2 Å². The number of anilines is 1. The van der Waals surface area contributed by atoms with Crippen LogP contribution in [-0.4, -0.2) is 46.2 Å². The Balaban J connectivity index is 1.32. The maximum Gasteiger partial charge on any atom is 0.385 e. The summed E-state index contributed by atoms with van der Waals surface area (Å²) in [5, 5.41) is 8.66. The number of hydrogen-bond donors (Lipinski definition) is 1. The van der Waals surface area contributed by atoms with Crippen molar-refractivity contribution < 1.29 is 26.9 Å². The van der Waals surface area contributed by atoms with Gasteiger partial charge in [-0.25, -0.2) is 4.68 Å². The van der Waals surface area contributed by atoms with Crippen molar-refractivity contribution in [2.24, 2.45) is 0 Å². The molecule has 48 heavy (non-hydrogen) atoms. The number of para-hydroxylation sites is 2. The molecule has 250 valence electrons. The van der Waals surface area contributed by atoms with Crippen molar-refractivity contribution >= 4 is 44.6 Å². The first kappa shape index (κ1) is 33.3. The number of ether oxygens (including phenoxy) is 2. The minimum atomic E-state index is -4.10. The minimum absolute atomic E-state index is 0.0507. The number of nitrogens with zero attached hydrogens (tertiary/aromatic N) is 4. The lowest BCUT2D eigenvalue weighted by atomic mass is 9.84. The topological polar surface area (TPSA) is 139 Å². The molecule has 0 fully saturated rings. The lowest BCUT2D eigenvalue weighted by molar-refractivity contribution is -0.143. The van der Waals surface area contributed by atoms with E-state index in [1.54, 1.807) is 41.9 Å². The van der Waals surface area contributed by atoms with Crippen molar-refractivity contribution in [3.8, 4) is 17.2 Å². The number of carbonyl (C=O) groups excluding carboxylic acids is 1. The van der Waals surface area contributed by atoms with E-state index in [-0.39, 0.29) is 43.8 Å². The van der Waals surface area contributed by atoms with Gasteiger partial charge in [0.2, 0.25) is 0 Å². The van der Waals surface area contributed by atoms with Crippen LogP contribution >= 0.6 is 11.6 Å². The van der Waals surface area contributed by atoms with Gasteiger partial charge in [-0.1, -0.05) is 41.6 Å². The predicted molar refractivity (Wildman–Crippen MR) is 183 cm³/mol. The fourth-order valence-electron chi connectivity index (χ4n) is 5.96. The summed E-state index contributed by atoms with van der Waals surface area (Å²) in [6.07, 6.45) is 0.0890.